The predicted octanol–water partition coefficient (Wildman–Crippen LogP) is 22.6. The van der Waals surface area contributed by atoms with Crippen LogP contribution in [0.4, 0.5) is 0 Å². The highest BCUT2D eigenvalue weighted by atomic mass is 16.6. The third-order valence-electron chi connectivity index (χ3n) is 14.8. The maximum atomic E-state index is 12.9. The molecule has 1 unspecified atom stereocenters. The van der Waals surface area contributed by atoms with Crippen molar-refractivity contribution >= 4 is 17.9 Å². The van der Waals surface area contributed by atoms with E-state index in [1.165, 1.54) is 225 Å². The monoisotopic (exact) mass is 1050 g/mol. The number of carbonyl (C=O) groups is 3. The van der Waals surface area contributed by atoms with Crippen molar-refractivity contribution in [2.75, 3.05) is 13.2 Å². The Bertz CT molecular complexity index is 1300. The third-order valence-corrected chi connectivity index (χ3v) is 14.8. The molecule has 0 amide bonds. The first-order valence-electron chi connectivity index (χ1n) is 33.1. The van der Waals surface area contributed by atoms with E-state index in [0.717, 1.165) is 89.9 Å². The van der Waals surface area contributed by atoms with E-state index >= 15 is 0 Å². The van der Waals surface area contributed by atoms with Crippen LogP contribution in [0.25, 0.3) is 0 Å². The molecule has 0 aromatic heterocycles. The Hall–Kier alpha value is -2.63. The fourth-order valence-corrected chi connectivity index (χ4v) is 9.80. The molecule has 0 aliphatic rings. The van der Waals surface area contributed by atoms with Gasteiger partial charge in [-0.3, -0.25) is 14.4 Å². The Balaban J connectivity index is 4.23. The van der Waals surface area contributed by atoms with E-state index in [2.05, 4.69) is 69.4 Å². The van der Waals surface area contributed by atoms with Gasteiger partial charge in [-0.1, -0.05) is 301 Å². The summed E-state index contributed by atoms with van der Waals surface area (Å²) in [5, 5.41) is 0. The molecule has 6 nitrogen and oxygen atoms in total. The van der Waals surface area contributed by atoms with E-state index in [9.17, 15) is 14.4 Å². The summed E-state index contributed by atoms with van der Waals surface area (Å²) in [7, 11) is 0. The van der Waals surface area contributed by atoms with Gasteiger partial charge in [0.25, 0.3) is 0 Å². The standard InChI is InChI=1S/C69H126O6/c1-4-7-10-13-16-19-22-25-28-29-30-31-32-33-34-35-36-37-38-39-42-44-47-50-53-56-59-62-68(71)74-65-66(75-69(72)63-60-57-54-51-48-45-41-27-24-21-18-15-12-9-6-3)64-73-67(70)61-58-55-52-49-46-43-40-26-23-20-17-14-11-8-5-2/h18,21-22,25,27,29-30,41,66H,4-17,19-20,23-24,26,28,31-40,42-65H2,1-3H3/b21-18-,25-22-,30-29-,41-27-. The van der Waals surface area contributed by atoms with Crippen molar-refractivity contribution in [1.29, 1.82) is 0 Å². The molecular weight excluding hydrogens is 925 g/mol. The van der Waals surface area contributed by atoms with Crippen molar-refractivity contribution in [3.63, 3.8) is 0 Å². The normalized spacial score (nSPS) is 12.3. The number of esters is 3. The minimum atomic E-state index is -0.778. The van der Waals surface area contributed by atoms with Gasteiger partial charge >= 0.3 is 17.9 Å². The van der Waals surface area contributed by atoms with Gasteiger partial charge < -0.3 is 14.2 Å². The summed E-state index contributed by atoms with van der Waals surface area (Å²) in [4.78, 5) is 38.3. The molecule has 0 radical (unpaired) electrons. The minimum absolute atomic E-state index is 0.0743. The largest absolute Gasteiger partial charge is 0.462 e. The lowest BCUT2D eigenvalue weighted by Gasteiger charge is -2.18. The van der Waals surface area contributed by atoms with Gasteiger partial charge in [0.05, 0.1) is 0 Å². The number of hydrogen-bond donors (Lipinski definition) is 0. The molecule has 1 atom stereocenters. The van der Waals surface area contributed by atoms with Crippen LogP contribution >= 0.6 is 0 Å². The van der Waals surface area contributed by atoms with Gasteiger partial charge in [0.2, 0.25) is 0 Å². The third kappa shape index (κ3) is 62.1. The van der Waals surface area contributed by atoms with Crippen LogP contribution in [0.15, 0.2) is 48.6 Å². The molecule has 0 spiro atoms. The van der Waals surface area contributed by atoms with Crippen LogP contribution in [0.1, 0.15) is 355 Å². The lowest BCUT2D eigenvalue weighted by atomic mass is 10.0. The van der Waals surface area contributed by atoms with Gasteiger partial charge in [-0.2, -0.15) is 0 Å². The van der Waals surface area contributed by atoms with Crippen LogP contribution in [-0.2, 0) is 28.6 Å². The zero-order valence-electron chi connectivity index (χ0n) is 50.3. The van der Waals surface area contributed by atoms with Crippen molar-refractivity contribution in [2.24, 2.45) is 0 Å². The van der Waals surface area contributed by atoms with E-state index in [1.54, 1.807) is 0 Å². The summed E-state index contributed by atoms with van der Waals surface area (Å²) in [5.74, 6) is -0.866. The van der Waals surface area contributed by atoms with E-state index < -0.39 is 6.10 Å². The molecule has 0 saturated heterocycles. The fourth-order valence-electron chi connectivity index (χ4n) is 9.80. The van der Waals surface area contributed by atoms with Crippen molar-refractivity contribution in [1.82, 2.24) is 0 Å². The zero-order chi connectivity index (χ0) is 54.3. The van der Waals surface area contributed by atoms with E-state index in [1.807, 2.05) is 0 Å². The molecule has 438 valence electrons. The van der Waals surface area contributed by atoms with Gasteiger partial charge in [0.15, 0.2) is 6.10 Å². The number of allylic oxidation sites excluding steroid dienone is 8. The average Bonchev–Trinajstić information content (AvgIpc) is 3.41. The first-order chi connectivity index (χ1) is 37.0. The Morgan fingerprint density at radius 2 is 0.480 bits per heavy atom. The van der Waals surface area contributed by atoms with E-state index in [-0.39, 0.29) is 31.1 Å². The summed E-state index contributed by atoms with van der Waals surface area (Å²) >= 11 is 0. The molecule has 0 aliphatic carbocycles. The molecule has 0 saturated carbocycles. The van der Waals surface area contributed by atoms with Crippen molar-refractivity contribution in [3.05, 3.63) is 48.6 Å². The summed E-state index contributed by atoms with van der Waals surface area (Å²) in [5.41, 5.74) is 0. The molecule has 0 N–H and O–H groups in total. The molecule has 6 heteroatoms. The molecule has 75 heavy (non-hydrogen) atoms. The maximum absolute atomic E-state index is 12.9. The fraction of sp³-hybridized carbons (Fsp3) is 0.841. The topological polar surface area (TPSA) is 78.9 Å². The molecule has 0 aromatic rings. The Morgan fingerprint density at radius 1 is 0.267 bits per heavy atom. The maximum Gasteiger partial charge on any atom is 0.306 e. The number of carbonyl (C=O) groups excluding carboxylic acids is 3. The Kier molecular flexibility index (Phi) is 61.7. The summed E-state index contributed by atoms with van der Waals surface area (Å²) in [6.45, 7) is 6.65. The van der Waals surface area contributed by atoms with Crippen LogP contribution in [-0.4, -0.2) is 37.2 Å². The number of ether oxygens (including phenoxy) is 3. The average molecular weight is 1050 g/mol. The molecule has 0 aromatic carbocycles. The van der Waals surface area contributed by atoms with Crippen LogP contribution in [0.5, 0.6) is 0 Å². The van der Waals surface area contributed by atoms with Gasteiger partial charge in [0, 0.05) is 19.3 Å². The van der Waals surface area contributed by atoms with Gasteiger partial charge in [-0.25, -0.2) is 0 Å². The molecule has 0 fully saturated rings. The van der Waals surface area contributed by atoms with Crippen molar-refractivity contribution in [3.8, 4) is 0 Å². The summed E-state index contributed by atoms with van der Waals surface area (Å²) in [6, 6.07) is 0. The van der Waals surface area contributed by atoms with Crippen molar-refractivity contribution in [2.45, 2.75) is 361 Å². The van der Waals surface area contributed by atoms with Crippen molar-refractivity contribution < 1.29 is 28.6 Å². The van der Waals surface area contributed by atoms with Gasteiger partial charge in [0.1, 0.15) is 13.2 Å². The molecule has 0 heterocycles. The SMILES string of the molecule is CCCCC/C=C\C/C=C\CCCCCCCC(=O)OC(COC(=O)CCCCCCCCCCCCCCCCC)COC(=O)CCCCCCCCCCCCCCCCC/C=C\C/C=C\CCCCCCC. The minimum Gasteiger partial charge on any atom is -0.462 e. The summed E-state index contributed by atoms with van der Waals surface area (Å²) in [6.07, 6.45) is 79.8. The second-order valence-corrected chi connectivity index (χ2v) is 22.4. The molecule has 0 bridgehead atoms. The first kappa shape index (κ1) is 72.4. The van der Waals surface area contributed by atoms with Crippen LogP contribution in [0, 0.1) is 0 Å². The molecule has 0 rings (SSSR count). The highest BCUT2D eigenvalue weighted by Crippen LogP contribution is 2.17. The van der Waals surface area contributed by atoms with Crippen LogP contribution < -0.4 is 0 Å². The Morgan fingerprint density at radius 3 is 0.760 bits per heavy atom. The smallest absolute Gasteiger partial charge is 0.306 e. The van der Waals surface area contributed by atoms with E-state index in [0.29, 0.717) is 19.3 Å². The van der Waals surface area contributed by atoms with Crippen LogP contribution in [0.3, 0.4) is 0 Å². The number of rotatable bonds is 61. The quantitative estimate of drug-likeness (QED) is 0.0261. The zero-order valence-corrected chi connectivity index (χ0v) is 50.3. The van der Waals surface area contributed by atoms with Crippen LogP contribution in [0.2, 0.25) is 0 Å². The van der Waals surface area contributed by atoms with Gasteiger partial charge in [-0.15, -0.1) is 0 Å². The van der Waals surface area contributed by atoms with E-state index in [4.69, 9.17) is 14.2 Å². The predicted molar refractivity (Wildman–Crippen MR) is 325 cm³/mol. The first-order valence-corrected chi connectivity index (χ1v) is 33.1. The highest BCUT2D eigenvalue weighted by molar-refractivity contribution is 5.71. The lowest BCUT2D eigenvalue weighted by molar-refractivity contribution is -0.167. The lowest BCUT2D eigenvalue weighted by Crippen LogP contribution is -2.30. The highest BCUT2D eigenvalue weighted by Gasteiger charge is 2.19. The molecule has 0 aliphatic heterocycles. The second-order valence-electron chi connectivity index (χ2n) is 22.4. The number of hydrogen-bond acceptors (Lipinski definition) is 6. The number of unbranched alkanes of at least 4 members (excludes halogenated alkanes) is 42. The molecular formula is C69H126O6. The summed E-state index contributed by atoms with van der Waals surface area (Å²) < 4.78 is 16.9. The van der Waals surface area contributed by atoms with Gasteiger partial charge in [-0.05, 0) is 83.5 Å². The Labute approximate surface area is 467 Å². The second kappa shape index (κ2) is 63.9.